The predicted molar refractivity (Wildman–Crippen MR) is 108 cm³/mol. The van der Waals surface area contributed by atoms with Crippen LogP contribution in [0.4, 0.5) is 0 Å². The van der Waals surface area contributed by atoms with Gasteiger partial charge in [-0.1, -0.05) is 11.6 Å². The van der Waals surface area contributed by atoms with Gasteiger partial charge in [0, 0.05) is 27.7 Å². The number of thioether (sulfide) groups is 1. The Hall–Kier alpha value is -2.58. The standard InChI is InChI=1S/C19H21ClN2O5S/c1-25-15-10-12(11-16(26-2)18(15)27-3)19(24)22-21-17(23)8-9-28-14-6-4-13(20)5-7-14/h4-7,10-11H,8-9H2,1-3H3,(H,21,23)(H,22,24). The molecule has 2 aromatic carbocycles. The summed E-state index contributed by atoms with van der Waals surface area (Å²) in [5, 5.41) is 0.664. The molecule has 7 nitrogen and oxygen atoms in total. The molecule has 0 aliphatic heterocycles. The lowest BCUT2D eigenvalue weighted by molar-refractivity contribution is -0.121. The number of hydrazine groups is 1. The molecule has 0 saturated heterocycles. The van der Waals surface area contributed by atoms with Gasteiger partial charge in [-0.3, -0.25) is 20.4 Å². The zero-order valence-corrected chi connectivity index (χ0v) is 17.3. The van der Waals surface area contributed by atoms with Gasteiger partial charge < -0.3 is 14.2 Å². The second-order valence-corrected chi connectivity index (χ2v) is 7.07. The van der Waals surface area contributed by atoms with E-state index >= 15 is 0 Å². The van der Waals surface area contributed by atoms with Gasteiger partial charge in [-0.25, -0.2) is 0 Å². The minimum atomic E-state index is -0.502. The summed E-state index contributed by atoms with van der Waals surface area (Å²) in [5.74, 6) is 0.827. The van der Waals surface area contributed by atoms with Gasteiger partial charge in [0.15, 0.2) is 11.5 Å². The summed E-state index contributed by atoms with van der Waals surface area (Å²) >= 11 is 7.36. The summed E-state index contributed by atoms with van der Waals surface area (Å²) < 4.78 is 15.6. The molecule has 0 aliphatic rings. The molecular weight excluding hydrogens is 404 g/mol. The molecule has 2 aromatic rings. The molecule has 150 valence electrons. The van der Waals surface area contributed by atoms with Crippen LogP contribution in [0.1, 0.15) is 16.8 Å². The smallest absolute Gasteiger partial charge is 0.269 e. The normalized spacial score (nSPS) is 10.1. The minimum absolute atomic E-state index is 0.239. The number of methoxy groups -OCH3 is 3. The van der Waals surface area contributed by atoms with Crippen molar-refractivity contribution >= 4 is 35.2 Å². The fraction of sp³-hybridized carbons (Fsp3) is 0.263. The highest BCUT2D eigenvalue weighted by molar-refractivity contribution is 7.99. The maximum Gasteiger partial charge on any atom is 0.269 e. The van der Waals surface area contributed by atoms with E-state index in [1.807, 2.05) is 12.1 Å². The third-order valence-electron chi connectivity index (χ3n) is 3.65. The number of benzene rings is 2. The van der Waals surface area contributed by atoms with Crippen LogP contribution in [0.2, 0.25) is 5.02 Å². The first-order valence-electron chi connectivity index (χ1n) is 8.26. The Labute approximate surface area is 172 Å². The van der Waals surface area contributed by atoms with E-state index in [0.717, 1.165) is 4.90 Å². The monoisotopic (exact) mass is 424 g/mol. The van der Waals surface area contributed by atoms with Crippen LogP contribution < -0.4 is 25.1 Å². The molecule has 0 radical (unpaired) electrons. The van der Waals surface area contributed by atoms with Crippen LogP contribution in [0.15, 0.2) is 41.3 Å². The number of amides is 2. The van der Waals surface area contributed by atoms with E-state index in [2.05, 4.69) is 10.9 Å². The molecule has 9 heteroatoms. The van der Waals surface area contributed by atoms with Gasteiger partial charge in [-0.05, 0) is 36.4 Å². The van der Waals surface area contributed by atoms with Crippen LogP contribution in [0, 0.1) is 0 Å². The number of nitrogens with one attached hydrogen (secondary N) is 2. The number of halogens is 1. The molecule has 2 rings (SSSR count). The predicted octanol–water partition coefficient (Wildman–Crippen LogP) is 3.31. The lowest BCUT2D eigenvalue weighted by atomic mass is 10.1. The number of rotatable bonds is 8. The van der Waals surface area contributed by atoms with Crippen LogP contribution in [0.25, 0.3) is 0 Å². The van der Waals surface area contributed by atoms with Gasteiger partial charge in [0.25, 0.3) is 5.91 Å². The summed E-state index contributed by atoms with van der Waals surface area (Å²) in [7, 11) is 4.39. The summed E-state index contributed by atoms with van der Waals surface area (Å²) in [4.78, 5) is 25.3. The van der Waals surface area contributed by atoms with E-state index in [4.69, 9.17) is 25.8 Å². The number of carbonyl (C=O) groups is 2. The fourth-order valence-electron chi connectivity index (χ4n) is 2.27. The van der Waals surface area contributed by atoms with Crippen molar-refractivity contribution in [1.82, 2.24) is 10.9 Å². The van der Waals surface area contributed by atoms with E-state index in [1.54, 1.807) is 12.1 Å². The van der Waals surface area contributed by atoms with Crippen LogP contribution in [0.5, 0.6) is 17.2 Å². The van der Waals surface area contributed by atoms with Gasteiger partial charge in [0.2, 0.25) is 11.7 Å². The van der Waals surface area contributed by atoms with Crippen LogP contribution in [-0.2, 0) is 4.79 Å². The van der Waals surface area contributed by atoms with Crippen molar-refractivity contribution in [3.63, 3.8) is 0 Å². The maximum absolute atomic E-state index is 12.3. The largest absolute Gasteiger partial charge is 0.493 e. The number of carbonyl (C=O) groups excluding carboxylic acids is 2. The van der Waals surface area contributed by atoms with Gasteiger partial charge in [0.05, 0.1) is 21.3 Å². The third kappa shape index (κ3) is 5.97. The first-order chi connectivity index (χ1) is 13.5. The molecule has 0 bridgehead atoms. The van der Waals surface area contributed by atoms with Crippen LogP contribution in [0.3, 0.4) is 0 Å². The van der Waals surface area contributed by atoms with Gasteiger partial charge in [-0.2, -0.15) is 0 Å². The summed E-state index contributed by atoms with van der Waals surface area (Å²) in [5.41, 5.74) is 5.03. The molecule has 0 unspecified atom stereocenters. The highest BCUT2D eigenvalue weighted by Crippen LogP contribution is 2.38. The molecule has 0 aliphatic carbocycles. The molecule has 0 heterocycles. The summed E-state index contributed by atoms with van der Waals surface area (Å²) in [6, 6.07) is 10.4. The highest BCUT2D eigenvalue weighted by atomic mass is 35.5. The van der Waals surface area contributed by atoms with Crippen molar-refractivity contribution in [3.05, 3.63) is 47.0 Å². The Kier molecular flexibility index (Phi) is 8.28. The van der Waals surface area contributed by atoms with E-state index in [0.29, 0.717) is 28.0 Å². The average molecular weight is 425 g/mol. The third-order valence-corrected chi connectivity index (χ3v) is 4.92. The van der Waals surface area contributed by atoms with E-state index in [-0.39, 0.29) is 17.9 Å². The van der Waals surface area contributed by atoms with Crippen LogP contribution >= 0.6 is 23.4 Å². The molecule has 0 aromatic heterocycles. The molecule has 0 fully saturated rings. The van der Waals surface area contributed by atoms with Crippen molar-refractivity contribution in [1.29, 1.82) is 0 Å². The fourth-order valence-corrected chi connectivity index (χ4v) is 3.24. The van der Waals surface area contributed by atoms with E-state index < -0.39 is 5.91 Å². The maximum atomic E-state index is 12.3. The molecule has 0 spiro atoms. The van der Waals surface area contributed by atoms with Crippen molar-refractivity contribution in [2.45, 2.75) is 11.3 Å². The number of hydrogen-bond acceptors (Lipinski definition) is 6. The van der Waals surface area contributed by atoms with Crippen LogP contribution in [-0.4, -0.2) is 38.9 Å². The Morgan fingerprint density at radius 1 is 0.964 bits per heavy atom. The highest BCUT2D eigenvalue weighted by Gasteiger charge is 2.17. The van der Waals surface area contributed by atoms with Crippen molar-refractivity contribution < 1.29 is 23.8 Å². The quantitative estimate of drug-likeness (QED) is 0.499. The Morgan fingerprint density at radius 3 is 2.11 bits per heavy atom. The first-order valence-corrected chi connectivity index (χ1v) is 9.62. The Morgan fingerprint density at radius 2 is 1.57 bits per heavy atom. The topological polar surface area (TPSA) is 85.9 Å². The number of hydrogen-bond donors (Lipinski definition) is 2. The van der Waals surface area contributed by atoms with Crippen molar-refractivity contribution in [3.8, 4) is 17.2 Å². The zero-order valence-electron chi connectivity index (χ0n) is 15.7. The van der Waals surface area contributed by atoms with Gasteiger partial charge in [0.1, 0.15) is 0 Å². The Balaban J connectivity index is 1.87. The summed E-state index contributed by atoms with van der Waals surface area (Å²) in [6.45, 7) is 0. The first kappa shape index (κ1) is 21.7. The molecule has 0 atom stereocenters. The SMILES string of the molecule is COc1cc(C(=O)NNC(=O)CCSc2ccc(Cl)cc2)cc(OC)c1OC. The average Bonchev–Trinajstić information content (AvgIpc) is 2.72. The lowest BCUT2D eigenvalue weighted by Gasteiger charge is -2.14. The second-order valence-electron chi connectivity index (χ2n) is 5.47. The number of ether oxygens (including phenoxy) is 3. The second kappa shape index (κ2) is 10.7. The molecule has 2 N–H and O–H groups in total. The molecular formula is C19H21ClN2O5S. The van der Waals surface area contributed by atoms with Gasteiger partial charge >= 0.3 is 0 Å². The van der Waals surface area contributed by atoms with Crippen molar-refractivity contribution in [2.24, 2.45) is 0 Å². The lowest BCUT2D eigenvalue weighted by Crippen LogP contribution is -2.41. The van der Waals surface area contributed by atoms with Gasteiger partial charge in [-0.15, -0.1) is 11.8 Å². The zero-order chi connectivity index (χ0) is 20.5. The molecule has 28 heavy (non-hydrogen) atoms. The summed E-state index contributed by atoms with van der Waals surface area (Å²) in [6.07, 6.45) is 0.239. The van der Waals surface area contributed by atoms with Crippen molar-refractivity contribution in [2.75, 3.05) is 27.1 Å². The van der Waals surface area contributed by atoms with E-state index in [1.165, 1.54) is 45.2 Å². The minimum Gasteiger partial charge on any atom is -0.493 e. The molecule has 0 saturated carbocycles. The van der Waals surface area contributed by atoms with E-state index in [9.17, 15) is 9.59 Å². The molecule has 2 amide bonds. The Bertz CT molecular complexity index is 805.